The standard InChI is InChI=1S/C13H13NO4/c1-7-3-5-8(6-4-7)10-9(13(17)18-2)11(15)12(16)14-10/h3-6,10,15H,1-2H3,(H,14,16). The molecule has 1 heterocycles. The van der Waals surface area contributed by atoms with Crippen molar-refractivity contribution in [1.29, 1.82) is 0 Å². The molecule has 2 N–H and O–H groups in total. The molecule has 1 aliphatic heterocycles. The fourth-order valence-electron chi connectivity index (χ4n) is 1.86. The fourth-order valence-corrected chi connectivity index (χ4v) is 1.86. The number of benzene rings is 1. The zero-order chi connectivity index (χ0) is 13.3. The first-order valence-corrected chi connectivity index (χ1v) is 5.43. The number of carbonyl (C=O) groups excluding carboxylic acids is 2. The molecule has 0 fully saturated rings. The summed E-state index contributed by atoms with van der Waals surface area (Å²) in [7, 11) is 1.21. The Morgan fingerprint density at radius 1 is 1.33 bits per heavy atom. The van der Waals surface area contributed by atoms with Crippen LogP contribution in [0.5, 0.6) is 0 Å². The number of carbonyl (C=O) groups is 2. The fraction of sp³-hybridized carbons (Fsp3) is 0.231. The largest absolute Gasteiger partial charge is 0.503 e. The van der Waals surface area contributed by atoms with Crippen LogP contribution in [0.25, 0.3) is 0 Å². The zero-order valence-electron chi connectivity index (χ0n) is 10.1. The van der Waals surface area contributed by atoms with Gasteiger partial charge in [0, 0.05) is 0 Å². The number of aryl methyl sites for hydroxylation is 1. The molecule has 18 heavy (non-hydrogen) atoms. The van der Waals surface area contributed by atoms with E-state index in [4.69, 9.17) is 0 Å². The first-order valence-electron chi connectivity index (χ1n) is 5.43. The number of amides is 1. The molecule has 1 unspecified atom stereocenters. The number of hydrogen-bond donors (Lipinski definition) is 2. The van der Waals surface area contributed by atoms with Crippen LogP contribution in [0.2, 0.25) is 0 Å². The summed E-state index contributed by atoms with van der Waals surface area (Å²) in [5.41, 5.74) is 1.74. The van der Waals surface area contributed by atoms with Crippen LogP contribution in [-0.2, 0) is 14.3 Å². The summed E-state index contributed by atoms with van der Waals surface area (Å²) >= 11 is 0. The first kappa shape index (κ1) is 12.2. The summed E-state index contributed by atoms with van der Waals surface area (Å²) in [4.78, 5) is 23.0. The van der Waals surface area contributed by atoms with Crippen molar-refractivity contribution >= 4 is 11.9 Å². The summed E-state index contributed by atoms with van der Waals surface area (Å²) in [5.74, 6) is -1.95. The molecule has 5 heteroatoms. The molecule has 0 spiro atoms. The number of esters is 1. The molecule has 1 aromatic carbocycles. The number of ether oxygens (including phenoxy) is 1. The van der Waals surface area contributed by atoms with Crippen molar-refractivity contribution in [3.05, 3.63) is 46.7 Å². The van der Waals surface area contributed by atoms with Crippen molar-refractivity contribution in [2.75, 3.05) is 7.11 Å². The number of aliphatic hydroxyl groups is 1. The van der Waals surface area contributed by atoms with Crippen molar-refractivity contribution in [2.45, 2.75) is 13.0 Å². The van der Waals surface area contributed by atoms with Crippen LogP contribution >= 0.6 is 0 Å². The predicted molar refractivity (Wildman–Crippen MR) is 63.7 cm³/mol. The Morgan fingerprint density at radius 3 is 2.50 bits per heavy atom. The molecule has 1 aliphatic rings. The molecule has 0 radical (unpaired) electrons. The van der Waals surface area contributed by atoms with Crippen LogP contribution in [0.4, 0.5) is 0 Å². The lowest BCUT2D eigenvalue weighted by molar-refractivity contribution is -0.136. The highest BCUT2D eigenvalue weighted by molar-refractivity contribution is 6.06. The third-order valence-electron chi connectivity index (χ3n) is 2.85. The van der Waals surface area contributed by atoms with Crippen molar-refractivity contribution < 1.29 is 19.4 Å². The Morgan fingerprint density at radius 2 is 1.94 bits per heavy atom. The molecule has 2 rings (SSSR count). The Balaban J connectivity index is 2.42. The minimum atomic E-state index is -0.712. The monoisotopic (exact) mass is 247 g/mol. The second kappa shape index (κ2) is 4.52. The van der Waals surface area contributed by atoms with E-state index in [1.54, 1.807) is 12.1 Å². The van der Waals surface area contributed by atoms with E-state index in [1.807, 2.05) is 19.1 Å². The Hall–Kier alpha value is -2.30. The molecule has 0 aliphatic carbocycles. The molecule has 0 aromatic heterocycles. The molecule has 1 atom stereocenters. The van der Waals surface area contributed by atoms with Gasteiger partial charge in [0.05, 0.1) is 13.2 Å². The molecule has 94 valence electrons. The van der Waals surface area contributed by atoms with E-state index in [0.717, 1.165) is 11.1 Å². The number of methoxy groups -OCH3 is 1. The molecular weight excluding hydrogens is 234 g/mol. The van der Waals surface area contributed by atoms with Gasteiger partial charge in [-0.15, -0.1) is 0 Å². The first-order chi connectivity index (χ1) is 8.54. The maximum atomic E-state index is 11.6. The minimum Gasteiger partial charge on any atom is -0.503 e. The lowest BCUT2D eigenvalue weighted by Crippen LogP contribution is -2.23. The molecule has 1 amide bonds. The number of nitrogens with one attached hydrogen (secondary N) is 1. The Bertz CT molecular complexity index is 530. The Kier molecular flexibility index (Phi) is 3.06. The maximum absolute atomic E-state index is 11.6. The molecule has 5 nitrogen and oxygen atoms in total. The average molecular weight is 247 g/mol. The number of rotatable bonds is 2. The smallest absolute Gasteiger partial charge is 0.340 e. The van der Waals surface area contributed by atoms with Crippen molar-refractivity contribution in [2.24, 2.45) is 0 Å². The van der Waals surface area contributed by atoms with Crippen molar-refractivity contribution in [3.8, 4) is 0 Å². The van der Waals surface area contributed by atoms with Gasteiger partial charge in [-0.3, -0.25) is 4.79 Å². The molecule has 0 saturated heterocycles. The van der Waals surface area contributed by atoms with Crippen LogP contribution in [0.3, 0.4) is 0 Å². The number of aliphatic hydroxyl groups excluding tert-OH is 1. The lowest BCUT2D eigenvalue weighted by Gasteiger charge is -2.13. The van der Waals surface area contributed by atoms with Gasteiger partial charge in [-0.1, -0.05) is 29.8 Å². The van der Waals surface area contributed by atoms with Crippen molar-refractivity contribution in [1.82, 2.24) is 5.32 Å². The normalized spacial score (nSPS) is 18.8. The van der Waals surface area contributed by atoms with Gasteiger partial charge in [0.2, 0.25) is 0 Å². The van der Waals surface area contributed by atoms with Gasteiger partial charge in [0.15, 0.2) is 5.76 Å². The Labute approximate surface area is 104 Å². The number of hydrogen-bond acceptors (Lipinski definition) is 4. The van der Waals surface area contributed by atoms with Gasteiger partial charge in [0.1, 0.15) is 5.57 Å². The highest BCUT2D eigenvalue weighted by Crippen LogP contribution is 2.30. The van der Waals surface area contributed by atoms with Crippen LogP contribution in [-0.4, -0.2) is 24.1 Å². The van der Waals surface area contributed by atoms with E-state index in [0.29, 0.717) is 0 Å². The van der Waals surface area contributed by atoms with Gasteiger partial charge in [-0.2, -0.15) is 0 Å². The van der Waals surface area contributed by atoms with E-state index < -0.39 is 23.7 Å². The van der Waals surface area contributed by atoms with Crippen LogP contribution in [0.1, 0.15) is 17.2 Å². The van der Waals surface area contributed by atoms with Gasteiger partial charge in [0.25, 0.3) is 5.91 Å². The summed E-state index contributed by atoms with van der Waals surface area (Å²) in [6.07, 6.45) is 0. The lowest BCUT2D eigenvalue weighted by atomic mass is 9.99. The van der Waals surface area contributed by atoms with E-state index in [1.165, 1.54) is 7.11 Å². The van der Waals surface area contributed by atoms with E-state index in [2.05, 4.69) is 10.1 Å². The quantitative estimate of drug-likeness (QED) is 0.769. The molecular formula is C13H13NO4. The minimum absolute atomic E-state index is 0.0497. The zero-order valence-corrected chi connectivity index (χ0v) is 10.1. The highest BCUT2D eigenvalue weighted by Gasteiger charge is 2.37. The van der Waals surface area contributed by atoms with Gasteiger partial charge >= 0.3 is 5.97 Å². The third-order valence-corrected chi connectivity index (χ3v) is 2.85. The van der Waals surface area contributed by atoms with E-state index in [-0.39, 0.29) is 5.57 Å². The summed E-state index contributed by atoms with van der Waals surface area (Å²) in [5, 5.41) is 12.2. The van der Waals surface area contributed by atoms with E-state index in [9.17, 15) is 14.7 Å². The van der Waals surface area contributed by atoms with Crippen molar-refractivity contribution in [3.63, 3.8) is 0 Å². The highest BCUT2D eigenvalue weighted by atomic mass is 16.5. The second-order valence-corrected chi connectivity index (χ2v) is 4.07. The van der Waals surface area contributed by atoms with Crippen LogP contribution in [0, 0.1) is 6.92 Å². The van der Waals surface area contributed by atoms with Gasteiger partial charge in [-0.25, -0.2) is 4.79 Å². The molecule has 0 saturated carbocycles. The SMILES string of the molecule is COC(=O)C1=C(O)C(=O)NC1c1ccc(C)cc1. The van der Waals surface area contributed by atoms with Crippen LogP contribution < -0.4 is 5.32 Å². The van der Waals surface area contributed by atoms with Gasteiger partial charge in [-0.05, 0) is 12.5 Å². The topological polar surface area (TPSA) is 75.6 Å². The molecule has 1 aromatic rings. The van der Waals surface area contributed by atoms with Crippen LogP contribution in [0.15, 0.2) is 35.6 Å². The maximum Gasteiger partial charge on any atom is 0.340 e. The molecule has 0 bridgehead atoms. The second-order valence-electron chi connectivity index (χ2n) is 4.07. The summed E-state index contributed by atoms with van der Waals surface area (Å²) in [6.45, 7) is 1.94. The summed E-state index contributed by atoms with van der Waals surface area (Å²) in [6, 6.07) is 6.66. The summed E-state index contributed by atoms with van der Waals surface area (Å²) < 4.78 is 4.58. The van der Waals surface area contributed by atoms with E-state index >= 15 is 0 Å². The third kappa shape index (κ3) is 1.95. The average Bonchev–Trinajstić information content (AvgIpc) is 2.66. The van der Waals surface area contributed by atoms with Gasteiger partial charge < -0.3 is 15.2 Å². The predicted octanol–water partition coefficient (Wildman–Crippen LogP) is 1.15.